The molecule has 0 bridgehead atoms. The van der Waals surface area contributed by atoms with E-state index < -0.39 is 10.0 Å². The summed E-state index contributed by atoms with van der Waals surface area (Å²) >= 11 is 1.22. The molecule has 2 aromatic heterocycles. The normalized spacial score (nSPS) is 18.8. The maximum absolute atomic E-state index is 13.2. The quantitative estimate of drug-likeness (QED) is 0.740. The summed E-state index contributed by atoms with van der Waals surface area (Å²) in [6.45, 7) is 5.89. The summed E-state index contributed by atoms with van der Waals surface area (Å²) in [6.07, 6.45) is 6.24. The fraction of sp³-hybridized carbons (Fsp3) is 0.500. The summed E-state index contributed by atoms with van der Waals surface area (Å²) in [5, 5.41) is 1.71. The molecule has 0 aliphatic carbocycles. The van der Waals surface area contributed by atoms with Crippen LogP contribution in [-0.2, 0) is 10.0 Å². The minimum absolute atomic E-state index is 0.167. The molecule has 9 heteroatoms. The second-order valence-corrected chi connectivity index (χ2v) is 10.3. The summed E-state index contributed by atoms with van der Waals surface area (Å²) in [5.74, 6) is -0.175. The van der Waals surface area contributed by atoms with Crippen molar-refractivity contribution in [3.05, 3.63) is 40.3 Å². The third-order valence-corrected chi connectivity index (χ3v) is 8.59. The van der Waals surface area contributed by atoms with E-state index in [4.69, 9.17) is 0 Å². The van der Waals surface area contributed by atoms with Crippen LogP contribution in [0.3, 0.4) is 0 Å². The van der Waals surface area contributed by atoms with Crippen LogP contribution in [-0.4, -0.2) is 67.8 Å². The van der Waals surface area contributed by atoms with Crippen LogP contribution in [0.2, 0.25) is 0 Å². The molecule has 7 nitrogen and oxygen atoms in total. The lowest BCUT2D eigenvalue weighted by molar-refractivity contribution is 0.0768. The van der Waals surface area contributed by atoms with Crippen LogP contribution in [0.1, 0.15) is 34.5 Å². The predicted molar refractivity (Wildman–Crippen MR) is 114 cm³/mol. The monoisotopic (exact) mass is 434 g/mol. The number of pyridine rings is 1. The zero-order valence-electron chi connectivity index (χ0n) is 16.6. The van der Waals surface area contributed by atoms with Gasteiger partial charge in [0.2, 0.25) is 10.0 Å². The number of sulfonamides is 1. The highest BCUT2D eigenvalue weighted by atomic mass is 32.2. The van der Waals surface area contributed by atoms with Gasteiger partial charge in [-0.2, -0.15) is 4.31 Å². The number of hydrogen-bond donors (Lipinski definition) is 0. The molecular formula is C20H26N4O3S2. The molecule has 0 aromatic carbocycles. The zero-order valence-corrected chi connectivity index (χ0v) is 18.2. The molecule has 29 heavy (non-hydrogen) atoms. The SMILES string of the molecule is Cc1cnccc1N1CCCN(C(=O)c2sccc2S(=O)(=O)N2CCCC2)CC1. The molecular weight excluding hydrogens is 408 g/mol. The number of aromatic nitrogens is 1. The minimum Gasteiger partial charge on any atom is -0.369 e. The maximum Gasteiger partial charge on any atom is 0.265 e. The van der Waals surface area contributed by atoms with Crippen molar-refractivity contribution in [3.8, 4) is 0 Å². The van der Waals surface area contributed by atoms with Crippen molar-refractivity contribution in [3.63, 3.8) is 0 Å². The fourth-order valence-electron chi connectivity index (χ4n) is 4.05. The third-order valence-electron chi connectivity index (χ3n) is 5.62. The summed E-state index contributed by atoms with van der Waals surface area (Å²) < 4.78 is 27.5. The molecule has 2 aliphatic heterocycles. The van der Waals surface area contributed by atoms with E-state index in [1.54, 1.807) is 22.5 Å². The van der Waals surface area contributed by atoms with Gasteiger partial charge in [-0.1, -0.05) is 0 Å². The van der Waals surface area contributed by atoms with Crippen molar-refractivity contribution in [2.24, 2.45) is 0 Å². The van der Waals surface area contributed by atoms with E-state index in [0.717, 1.165) is 43.6 Å². The Morgan fingerprint density at radius 2 is 1.83 bits per heavy atom. The van der Waals surface area contributed by atoms with Gasteiger partial charge < -0.3 is 9.80 Å². The number of carbonyl (C=O) groups is 1. The van der Waals surface area contributed by atoms with Crippen LogP contribution < -0.4 is 4.90 Å². The Hall–Kier alpha value is -1.97. The number of amides is 1. The lowest BCUT2D eigenvalue weighted by Gasteiger charge is -2.25. The molecule has 0 unspecified atom stereocenters. The first-order valence-corrected chi connectivity index (χ1v) is 12.3. The highest BCUT2D eigenvalue weighted by Gasteiger charge is 2.33. The molecule has 0 spiro atoms. The lowest BCUT2D eigenvalue weighted by atomic mass is 10.2. The van der Waals surface area contributed by atoms with E-state index in [0.29, 0.717) is 31.1 Å². The van der Waals surface area contributed by atoms with Gasteiger partial charge in [0.25, 0.3) is 5.91 Å². The zero-order chi connectivity index (χ0) is 20.4. The van der Waals surface area contributed by atoms with Crippen LogP contribution in [0.25, 0.3) is 0 Å². The first-order valence-electron chi connectivity index (χ1n) is 10.0. The molecule has 4 rings (SSSR count). The minimum atomic E-state index is -3.60. The van der Waals surface area contributed by atoms with Crippen molar-refractivity contribution >= 4 is 33.0 Å². The van der Waals surface area contributed by atoms with Crippen LogP contribution in [0.15, 0.2) is 34.8 Å². The second kappa shape index (κ2) is 8.41. The van der Waals surface area contributed by atoms with Gasteiger partial charge in [-0.15, -0.1) is 11.3 Å². The van der Waals surface area contributed by atoms with Gasteiger partial charge in [-0.3, -0.25) is 9.78 Å². The molecule has 0 radical (unpaired) electrons. The van der Waals surface area contributed by atoms with E-state index in [1.807, 2.05) is 19.2 Å². The Morgan fingerprint density at radius 1 is 1.03 bits per heavy atom. The molecule has 156 valence electrons. The van der Waals surface area contributed by atoms with E-state index >= 15 is 0 Å². The second-order valence-electron chi connectivity index (χ2n) is 7.52. The van der Waals surface area contributed by atoms with E-state index in [9.17, 15) is 13.2 Å². The van der Waals surface area contributed by atoms with Crippen LogP contribution in [0.5, 0.6) is 0 Å². The van der Waals surface area contributed by atoms with Crippen LogP contribution in [0, 0.1) is 6.92 Å². The van der Waals surface area contributed by atoms with Crippen molar-refractivity contribution in [1.82, 2.24) is 14.2 Å². The molecule has 0 saturated carbocycles. The molecule has 2 aliphatic rings. The smallest absolute Gasteiger partial charge is 0.265 e. The van der Waals surface area contributed by atoms with E-state index in [-0.39, 0.29) is 10.8 Å². The number of nitrogens with zero attached hydrogens (tertiary/aromatic N) is 4. The van der Waals surface area contributed by atoms with Gasteiger partial charge >= 0.3 is 0 Å². The van der Waals surface area contributed by atoms with Gasteiger partial charge in [0.05, 0.1) is 0 Å². The predicted octanol–water partition coefficient (Wildman–Crippen LogP) is 2.59. The number of anilines is 1. The van der Waals surface area contributed by atoms with Gasteiger partial charge in [0, 0.05) is 57.3 Å². The Balaban J connectivity index is 1.51. The first-order chi connectivity index (χ1) is 14.0. The van der Waals surface area contributed by atoms with Crippen molar-refractivity contribution in [1.29, 1.82) is 0 Å². The molecule has 2 fully saturated rings. The van der Waals surface area contributed by atoms with Gasteiger partial charge in [0.15, 0.2) is 0 Å². The number of aryl methyl sites for hydroxylation is 1. The molecule has 1 amide bonds. The third kappa shape index (κ3) is 4.04. The van der Waals surface area contributed by atoms with Gasteiger partial charge in [-0.25, -0.2) is 8.42 Å². The average Bonchev–Trinajstić information content (AvgIpc) is 3.37. The molecule has 4 heterocycles. The van der Waals surface area contributed by atoms with Crippen LogP contribution in [0.4, 0.5) is 5.69 Å². The van der Waals surface area contributed by atoms with Crippen molar-refractivity contribution < 1.29 is 13.2 Å². The van der Waals surface area contributed by atoms with E-state index in [1.165, 1.54) is 15.6 Å². The largest absolute Gasteiger partial charge is 0.369 e. The van der Waals surface area contributed by atoms with E-state index in [2.05, 4.69) is 9.88 Å². The Labute approximate surface area is 176 Å². The van der Waals surface area contributed by atoms with Crippen molar-refractivity contribution in [2.45, 2.75) is 31.1 Å². The Bertz CT molecular complexity index is 983. The topological polar surface area (TPSA) is 73.8 Å². The number of carbonyl (C=O) groups excluding carboxylic acids is 1. The Kier molecular flexibility index (Phi) is 5.89. The van der Waals surface area contributed by atoms with Gasteiger partial charge in [0.1, 0.15) is 9.77 Å². The summed E-state index contributed by atoms with van der Waals surface area (Å²) in [6, 6.07) is 3.59. The molecule has 2 saturated heterocycles. The molecule has 0 atom stereocenters. The molecule has 0 N–H and O–H groups in total. The van der Waals surface area contributed by atoms with Gasteiger partial charge in [-0.05, 0) is 49.3 Å². The lowest BCUT2D eigenvalue weighted by Crippen LogP contribution is -2.36. The standard InChI is InChI=1S/C20H26N4O3S2/c1-16-15-21-7-5-17(16)22-8-4-9-23(13-12-22)20(25)19-18(6-14-28-19)29(26,27)24-10-2-3-11-24/h5-7,14-15H,2-4,8-13H2,1H3. The fourth-order valence-corrected chi connectivity index (χ4v) is 6.93. The molecule has 2 aromatic rings. The summed E-state index contributed by atoms with van der Waals surface area (Å²) in [5.41, 5.74) is 2.26. The highest BCUT2D eigenvalue weighted by Crippen LogP contribution is 2.29. The number of hydrogen-bond acceptors (Lipinski definition) is 6. The number of rotatable bonds is 4. The average molecular weight is 435 g/mol. The maximum atomic E-state index is 13.2. The first kappa shape index (κ1) is 20.3. The van der Waals surface area contributed by atoms with Crippen molar-refractivity contribution in [2.75, 3.05) is 44.2 Å². The van der Waals surface area contributed by atoms with Crippen LogP contribution >= 0.6 is 11.3 Å². The Morgan fingerprint density at radius 3 is 2.59 bits per heavy atom. The summed E-state index contributed by atoms with van der Waals surface area (Å²) in [7, 11) is -3.60. The summed E-state index contributed by atoms with van der Waals surface area (Å²) in [4.78, 5) is 22.0. The highest BCUT2D eigenvalue weighted by molar-refractivity contribution is 7.89. The number of thiophene rings is 1.